The van der Waals surface area contributed by atoms with Crippen LogP contribution < -0.4 is 16.6 Å². The lowest BCUT2D eigenvalue weighted by atomic mass is 10.3. The van der Waals surface area contributed by atoms with Crippen molar-refractivity contribution in [3.05, 3.63) is 46.2 Å². The lowest BCUT2D eigenvalue weighted by Gasteiger charge is -2.10. The van der Waals surface area contributed by atoms with Gasteiger partial charge in [-0.2, -0.15) is 0 Å². The minimum atomic E-state index is -0.319. The number of anilines is 3. The van der Waals surface area contributed by atoms with E-state index in [-0.39, 0.29) is 5.82 Å². The second-order valence-electron chi connectivity index (χ2n) is 3.43. The number of benzene rings is 1. The predicted molar refractivity (Wildman–Crippen MR) is 71.7 cm³/mol. The van der Waals surface area contributed by atoms with Gasteiger partial charge in [-0.3, -0.25) is 0 Å². The number of pyridine rings is 1. The molecule has 0 aliphatic rings. The Balaban J connectivity index is 2.31. The fourth-order valence-electron chi connectivity index (χ4n) is 1.33. The van der Waals surface area contributed by atoms with Gasteiger partial charge < -0.3 is 10.7 Å². The summed E-state index contributed by atoms with van der Waals surface area (Å²) in [7, 11) is 0. The monoisotopic (exact) mass is 286 g/mol. The Bertz CT molecular complexity index is 560. The summed E-state index contributed by atoms with van der Waals surface area (Å²) in [6.45, 7) is 0. The van der Waals surface area contributed by atoms with E-state index in [4.69, 9.17) is 29.0 Å². The number of nitrogens with two attached hydrogens (primary N) is 1. The van der Waals surface area contributed by atoms with Gasteiger partial charge in [0.1, 0.15) is 5.82 Å². The fraction of sp³-hybridized carbons (Fsp3) is 0. The Morgan fingerprint density at radius 3 is 2.28 bits per heavy atom. The summed E-state index contributed by atoms with van der Waals surface area (Å²) < 4.78 is 12.8. The van der Waals surface area contributed by atoms with E-state index in [2.05, 4.69) is 15.7 Å². The number of nitrogens with zero attached hydrogens (tertiary/aromatic N) is 1. The zero-order valence-electron chi connectivity index (χ0n) is 9.05. The number of hydrogen-bond acceptors (Lipinski definition) is 4. The van der Waals surface area contributed by atoms with Gasteiger partial charge in [0.25, 0.3) is 0 Å². The Morgan fingerprint density at radius 2 is 1.67 bits per heavy atom. The van der Waals surface area contributed by atoms with E-state index in [1.165, 1.54) is 18.2 Å². The first-order chi connectivity index (χ1) is 8.60. The van der Waals surface area contributed by atoms with Gasteiger partial charge in [0, 0.05) is 5.69 Å². The van der Waals surface area contributed by atoms with Gasteiger partial charge in [-0.25, -0.2) is 15.2 Å². The van der Waals surface area contributed by atoms with Crippen molar-refractivity contribution in [1.29, 1.82) is 0 Å². The van der Waals surface area contributed by atoms with E-state index >= 15 is 0 Å². The minimum absolute atomic E-state index is 0.297. The third-order valence-electron chi connectivity index (χ3n) is 2.17. The van der Waals surface area contributed by atoms with E-state index in [0.29, 0.717) is 27.4 Å². The standard InChI is InChI=1S/C11H9Cl2FN4/c12-8-5-9(13)11(18-15)17-10(8)16-7-3-1-6(14)2-4-7/h1-5H,15H2,(H2,16,17,18). The van der Waals surface area contributed by atoms with Gasteiger partial charge in [-0.15, -0.1) is 0 Å². The van der Waals surface area contributed by atoms with Crippen LogP contribution in [0.15, 0.2) is 30.3 Å². The van der Waals surface area contributed by atoms with Crippen LogP contribution in [0.2, 0.25) is 10.0 Å². The molecule has 0 saturated carbocycles. The van der Waals surface area contributed by atoms with Gasteiger partial charge in [0.2, 0.25) is 0 Å². The molecule has 0 aliphatic heterocycles. The SMILES string of the molecule is NNc1nc(Nc2ccc(F)cc2)c(Cl)cc1Cl. The van der Waals surface area contributed by atoms with Gasteiger partial charge in [-0.05, 0) is 30.3 Å². The summed E-state index contributed by atoms with van der Waals surface area (Å²) >= 11 is 11.8. The number of aromatic nitrogens is 1. The summed E-state index contributed by atoms with van der Waals surface area (Å²) in [5.74, 6) is 5.62. The Morgan fingerprint density at radius 1 is 1.06 bits per heavy atom. The second kappa shape index (κ2) is 5.39. The third kappa shape index (κ3) is 2.81. The lowest BCUT2D eigenvalue weighted by molar-refractivity contribution is 0.628. The molecule has 0 aliphatic carbocycles. The van der Waals surface area contributed by atoms with Crippen LogP contribution in [0.3, 0.4) is 0 Å². The van der Waals surface area contributed by atoms with Crippen LogP contribution in [0.25, 0.3) is 0 Å². The van der Waals surface area contributed by atoms with Crippen molar-refractivity contribution in [2.45, 2.75) is 0 Å². The largest absolute Gasteiger partial charge is 0.339 e. The molecule has 2 rings (SSSR count). The van der Waals surface area contributed by atoms with E-state index in [9.17, 15) is 4.39 Å². The molecule has 1 aromatic carbocycles. The van der Waals surface area contributed by atoms with Crippen molar-refractivity contribution < 1.29 is 4.39 Å². The van der Waals surface area contributed by atoms with Gasteiger partial charge in [-0.1, -0.05) is 23.2 Å². The smallest absolute Gasteiger partial charge is 0.161 e. The molecule has 4 nitrogen and oxygen atoms in total. The second-order valence-corrected chi connectivity index (χ2v) is 4.24. The van der Waals surface area contributed by atoms with Crippen molar-refractivity contribution in [1.82, 2.24) is 4.98 Å². The average molecular weight is 287 g/mol. The molecule has 7 heteroatoms. The molecule has 0 atom stereocenters. The minimum Gasteiger partial charge on any atom is -0.339 e. The molecule has 1 aromatic heterocycles. The van der Waals surface area contributed by atoms with Crippen LogP contribution in [0.1, 0.15) is 0 Å². The molecule has 0 unspecified atom stereocenters. The molecule has 0 bridgehead atoms. The number of rotatable bonds is 3. The molecular weight excluding hydrogens is 278 g/mol. The van der Waals surface area contributed by atoms with Crippen LogP contribution >= 0.6 is 23.2 Å². The van der Waals surface area contributed by atoms with Crippen LogP contribution in [0, 0.1) is 5.82 Å². The quantitative estimate of drug-likeness (QED) is 0.596. The molecule has 18 heavy (non-hydrogen) atoms. The molecule has 2 aromatic rings. The number of hydrogen-bond donors (Lipinski definition) is 3. The zero-order chi connectivity index (χ0) is 13.1. The molecule has 94 valence electrons. The maximum absolute atomic E-state index is 12.8. The highest BCUT2D eigenvalue weighted by molar-refractivity contribution is 6.37. The van der Waals surface area contributed by atoms with Gasteiger partial charge in [0.05, 0.1) is 10.0 Å². The number of nitrogen functional groups attached to an aromatic ring is 1. The van der Waals surface area contributed by atoms with Crippen molar-refractivity contribution in [3.8, 4) is 0 Å². The fourth-order valence-corrected chi connectivity index (χ4v) is 1.79. The maximum atomic E-state index is 12.8. The first-order valence-electron chi connectivity index (χ1n) is 4.95. The highest BCUT2D eigenvalue weighted by atomic mass is 35.5. The van der Waals surface area contributed by atoms with Crippen molar-refractivity contribution >= 4 is 40.5 Å². The Labute approximate surface area is 113 Å². The third-order valence-corrected chi connectivity index (χ3v) is 2.75. The van der Waals surface area contributed by atoms with Gasteiger partial charge in [0.15, 0.2) is 11.6 Å². The first kappa shape index (κ1) is 12.9. The van der Waals surface area contributed by atoms with Crippen molar-refractivity contribution in [2.75, 3.05) is 10.7 Å². The van der Waals surface area contributed by atoms with Crippen LogP contribution in [0.4, 0.5) is 21.7 Å². The maximum Gasteiger partial charge on any atom is 0.161 e. The summed E-state index contributed by atoms with van der Waals surface area (Å²) in [4.78, 5) is 4.10. The average Bonchev–Trinajstić information content (AvgIpc) is 2.35. The van der Waals surface area contributed by atoms with E-state index in [1.807, 2.05) is 0 Å². The zero-order valence-corrected chi connectivity index (χ0v) is 10.6. The van der Waals surface area contributed by atoms with E-state index < -0.39 is 0 Å². The summed E-state index contributed by atoms with van der Waals surface area (Å²) in [6.07, 6.45) is 0. The van der Waals surface area contributed by atoms with Crippen molar-refractivity contribution in [3.63, 3.8) is 0 Å². The van der Waals surface area contributed by atoms with Gasteiger partial charge >= 0.3 is 0 Å². The highest BCUT2D eigenvalue weighted by Gasteiger charge is 2.08. The summed E-state index contributed by atoms with van der Waals surface area (Å²) in [5, 5.41) is 3.59. The number of halogens is 3. The normalized spacial score (nSPS) is 10.2. The predicted octanol–water partition coefficient (Wildman–Crippen LogP) is 3.56. The molecule has 4 N–H and O–H groups in total. The molecule has 0 spiro atoms. The number of nitrogens with one attached hydrogen (secondary N) is 2. The van der Waals surface area contributed by atoms with Crippen molar-refractivity contribution in [2.24, 2.45) is 5.84 Å². The molecule has 0 radical (unpaired) electrons. The summed E-state index contributed by atoms with van der Waals surface area (Å²) in [6, 6.07) is 7.30. The Kier molecular flexibility index (Phi) is 3.86. The first-order valence-corrected chi connectivity index (χ1v) is 5.71. The lowest BCUT2D eigenvalue weighted by Crippen LogP contribution is -2.10. The molecule has 0 fully saturated rings. The topological polar surface area (TPSA) is 63.0 Å². The molecule has 0 amide bonds. The number of hydrazine groups is 1. The van der Waals surface area contributed by atoms with E-state index in [0.717, 1.165) is 0 Å². The summed E-state index contributed by atoms with van der Waals surface area (Å²) in [5.41, 5.74) is 3.01. The van der Waals surface area contributed by atoms with Crippen LogP contribution in [0.5, 0.6) is 0 Å². The van der Waals surface area contributed by atoms with Crippen LogP contribution in [-0.4, -0.2) is 4.98 Å². The Hall–Kier alpha value is -1.56. The van der Waals surface area contributed by atoms with E-state index in [1.54, 1.807) is 12.1 Å². The molecular formula is C11H9Cl2FN4. The molecule has 0 saturated heterocycles. The highest BCUT2D eigenvalue weighted by Crippen LogP contribution is 2.30. The van der Waals surface area contributed by atoms with Crippen LogP contribution in [-0.2, 0) is 0 Å². The molecule has 1 heterocycles.